The average Bonchev–Trinajstić information content (AvgIpc) is 2.90. The van der Waals surface area contributed by atoms with Gasteiger partial charge in [-0.05, 0) is 24.3 Å². The van der Waals surface area contributed by atoms with Gasteiger partial charge in [0.2, 0.25) is 15.6 Å². The lowest BCUT2D eigenvalue weighted by atomic mass is 10.1. The van der Waals surface area contributed by atoms with Crippen LogP contribution in [0.2, 0.25) is 0 Å². The Balaban J connectivity index is 1.92. The number of carbonyl (C=O) groups is 2. The van der Waals surface area contributed by atoms with Gasteiger partial charge >= 0.3 is 0 Å². The number of benzene rings is 2. The van der Waals surface area contributed by atoms with Gasteiger partial charge in [0.25, 0.3) is 0 Å². The number of allylic oxidation sites excluding steroid dienone is 1. The van der Waals surface area contributed by atoms with Crippen molar-refractivity contribution in [2.75, 3.05) is 0 Å². The Bertz CT molecular complexity index is 1200. The summed E-state index contributed by atoms with van der Waals surface area (Å²) in [7, 11) is -8.24. The van der Waals surface area contributed by atoms with Crippen molar-refractivity contribution in [3.8, 4) is 0 Å². The molecule has 0 amide bonds. The molecule has 0 saturated heterocycles. The molecule has 2 aromatic rings. The molecule has 1 atom stereocenters. The van der Waals surface area contributed by atoms with Crippen molar-refractivity contribution < 1.29 is 26.4 Å². The SMILES string of the molecule is O=C1/C(=C/C2C(=O)c3ccccc3S2(=O)=O)S(=O)(=O)c2ccccc21. The van der Waals surface area contributed by atoms with Crippen LogP contribution in [-0.2, 0) is 19.7 Å². The lowest BCUT2D eigenvalue weighted by Gasteiger charge is -2.04. The van der Waals surface area contributed by atoms with E-state index in [9.17, 15) is 26.4 Å². The van der Waals surface area contributed by atoms with Crippen LogP contribution < -0.4 is 0 Å². The molecule has 25 heavy (non-hydrogen) atoms. The van der Waals surface area contributed by atoms with Gasteiger partial charge in [-0.1, -0.05) is 30.3 Å². The van der Waals surface area contributed by atoms with Gasteiger partial charge in [0, 0.05) is 11.1 Å². The Labute approximate surface area is 143 Å². The van der Waals surface area contributed by atoms with E-state index < -0.39 is 41.4 Å². The molecular weight excluding hydrogens is 364 g/mol. The van der Waals surface area contributed by atoms with E-state index in [2.05, 4.69) is 0 Å². The first-order valence-electron chi connectivity index (χ1n) is 7.24. The van der Waals surface area contributed by atoms with Crippen LogP contribution in [0.5, 0.6) is 0 Å². The molecule has 0 bridgehead atoms. The minimum Gasteiger partial charge on any atom is -0.292 e. The van der Waals surface area contributed by atoms with Gasteiger partial charge in [0.05, 0.1) is 9.79 Å². The highest BCUT2D eigenvalue weighted by Crippen LogP contribution is 2.37. The van der Waals surface area contributed by atoms with Crippen LogP contribution >= 0.6 is 0 Å². The smallest absolute Gasteiger partial charge is 0.210 e. The van der Waals surface area contributed by atoms with Crippen LogP contribution in [-0.4, -0.2) is 33.7 Å². The first kappa shape index (κ1) is 15.9. The number of sulfone groups is 2. The number of rotatable bonds is 1. The molecule has 0 fully saturated rings. The second-order valence-corrected chi connectivity index (χ2v) is 9.61. The summed E-state index contributed by atoms with van der Waals surface area (Å²) in [5.41, 5.74) is -0.0150. The topological polar surface area (TPSA) is 102 Å². The largest absolute Gasteiger partial charge is 0.292 e. The fourth-order valence-electron chi connectivity index (χ4n) is 3.08. The molecule has 8 heteroatoms. The number of carbonyl (C=O) groups excluding carboxylic acids is 2. The molecule has 2 aromatic carbocycles. The Morgan fingerprint density at radius 2 is 1.32 bits per heavy atom. The standard InChI is InChI=1S/C17H10O6S2/c18-16-10-5-1-3-7-12(10)24(20,21)14(16)9-15-17(19)11-6-2-4-8-13(11)25(15,22)23/h1-9,14H/b15-9-. The molecule has 0 N–H and O–H groups in total. The highest BCUT2D eigenvalue weighted by molar-refractivity contribution is 7.97. The zero-order chi connectivity index (χ0) is 18.0. The first-order valence-corrected chi connectivity index (χ1v) is 10.3. The summed E-state index contributed by atoms with van der Waals surface area (Å²) >= 11 is 0. The predicted octanol–water partition coefficient (Wildman–Crippen LogP) is 1.58. The van der Waals surface area contributed by atoms with E-state index in [-0.39, 0.29) is 20.9 Å². The zero-order valence-corrected chi connectivity index (χ0v) is 14.2. The molecule has 0 spiro atoms. The van der Waals surface area contributed by atoms with Gasteiger partial charge in [-0.15, -0.1) is 0 Å². The van der Waals surface area contributed by atoms with Crippen LogP contribution in [0.1, 0.15) is 20.7 Å². The number of Topliss-reactive ketones (excluding diaryl/α,β-unsaturated/α-hetero) is 2. The average molecular weight is 374 g/mol. The van der Waals surface area contributed by atoms with E-state index in [0.717, 1.165) is 6.08 Å². The van der Waals surface area contributed by atoms with Crippen molar-refractivity contribution in [1.29, 1.82) is 0 Å². The van der Waals surface area contributed by atoms with E-state index in [0.29, 0.717) is 0 Å². The van der Waals surface area contributed by atoms with Crippen molar-refractivity contribution in [3.05, 3.63) is 70.6 Å². The van der Waals surface area contributed by atoms with Gasteiger partial charge < -0.3 is 0 Å². The van der Waals surface area contributed by atoms with Gasteiger partial charge in [-0.25, -0.2) is 16.8 Å². The second-order valence-electron chi connectivity index (χ2n) is 5.69. The van der Waals surface area contributed by atoms with Crippen LogP contribution in [0.15, 0.2) is 69.3 Å². The molecule has 2 aliphatic heterocycles. The number of fused-ring (bicyclic) bond motifs is 2. The second kappa shape index (κ2) is 4.96. The van der Waals surface area contributed by atoms with Crippen molar-refractivity contribution in [1.82, 2.24) is 0 Å². The summed E-state index contributed by atoms with van der Waals surface area (Å²) in [6.07, 6.45) is 0.773. The zero-order valence-electron chi connectivity index (χ0n) is 12.5. The third kappa shape index (κ3) is 2.01. The van der Waals surface area contributed by atoms with Crippen molar-refractivity contribution >= 4 is 31.2 Å². The van der Waals surface area contributed by atoms with Crippen molar-refractivity contribution in [2.24, 2.45) is 0 Å². The third-order valence-corrected chi connectivity index (χ3v) is 8.11. The van der Waals surface area contributed by atoms with Crippen LogP contribution in [0.25, 0.3) is 0 Å². The van der Waals surface area contributed by atoms with Crippen LogP contribution in [0.4, 0.5) is 0 Å². The summed E-state index contributed by atoms with van der Waals surface area (Å²) in [6.45, 7) is 0. The summed E-state index contributed by atoms with van der Waals surface area (Å²) in [6, 6.07) is 11.3. The summed E-state index contributed by atoms with van der Waals surface area (Å²) in [5, 5.41) is -1.71. The Morgan fingerprint density at radius 3 is 1.92 bits per heavy atom. The Kier molecular flexibility index (Phi) is 3.16. The molecule has 4 rings (SSSR count). The summed E-state index contributed by atoms with van der Waals surface area (Å²) in [5.74, 6) is -1.53. The van der Waals surface area contributed by atoms with E-state index in [1.54, 1.807) is 0 Å². The van der Waals surface area contributed by atoms with Crippen molar-refractivity contribution in [2.45, 2.75) is 15.0 Å². The molecule has 126 valence electrons. The fraction of sp³-hybridized carbons (Fsp3) is 0.0588. The third-order valence-electron chi connectivity index (χ3n) is 4.29. The fourth-order valence-corrected chi connectivity index (χ4v) is 6.52. The maximum Gasteiger partial charge on any atom is 0.210 e. The van der Waals surface area contributed by atoms with E-state index in [1.807, 2.05) is 0 Å². The normalized spacial score (nSPS) is 24.3. The molecule has 6 nitrogen and oxygen atoms in total. The molecule has 2 heterocycles. The lowest BCUT2D eigenvalue weighted by molar-refractivity contribution is 0.100. The lowest BCUT2D eigenvalue weighted by Crippen LogP contribution is -2.22. The van der Waals surface area contributed by atoms with Crippen LogP contribution in [0, 0.1) is 0 Å². The maximum atomic E-state index is 12.6. The van der Waals surface area contributed by atoms with E-state index >= 15 is 0 Å². The minimum atomic E-state index is -4.15. The number of hydrogen-bond acceptors (Lipinski definition) is 6. The summed E-state index contributed by atoms with van der Waals surface area (Å²) < 4.78 is 50.4. The van der Waals surface area contributed by atoms with Gasteiger partial charge in [-0.3, -0.25) is 9.59 Å². The Morgan fingerprint density at radius 1 is 0.760 bits per heavy atom. The van der Waals surface area contributed by atoms with E-state index in [4.69, 9.17) is 0 Å². The number of ketones is 2. The van der Waals surface area contributed by atoms with Gasteiger partial charge in [0.15, 0.2) is 15.6 Å². The van der Waals surface area contributed by atoms with Crippen LogP contribution in [0.3, 0.4) is 0 Å². The molecule has 1 unspecified atom stereocenters. The minimum absolute atomic E-state index is 0.00436. The van der Waals surface area contributed by atoms with Gasteiger partial charge in [-0.2, -0.15) is 0 Å². The molecule has 0 radical (unpaired) electrons. The highest BCUT2D eigenvalue weighted by Gasteiger charge is 2.46. The Hall–Kier alpha value is -2.58. The molecule has 0 saturated carbocycles. The molecule has 2 aliphatic rings. The molecule has 0 aliphatic carbocycles. The predicted molar refractivity (Wildman–Crippen MR) is 87.8 cm³/mol. The monoisotopic (exact) mass is 374 g/mol. The molecule has 0 aromatic heterocycles. The van der Waals surface area contributed by atoms with E-state index in [1.165, 1.54) is 48.5 Å². The first-order chi connectivity index (χ1) is 11.8. The summed E-state index contributed by atoms with van der Waals surface area (Å²) in [4.78, 5) is 23.9. The number of hydrogen-bond donors (Lipinski definition) is 0. The molecular formula is C17H10O6S2. The van der Waals surface area contributed by atoms with Gasteiger partial charge in [0.1, 0.15) is 10.2 Å². The highest BCUT2D eigenvalue weighted by atomic mass is 32.2. The quantitative estimate of drug-likeness (QED) is 0.702. The maximum absolute atomic E-state index is 12.6. The van der Waals surface area contributed by atoms with Crippen molar-refractivity contribution in [3.63, 3.8) is 0 Å².